The maximum absolute atomic E-state index is 10.8. The minimum atomic E-state index is -0.860. The smallest absolute Gasteiger partial charge is 0.191 e. The Morgan fingerprint density at radius 1 is 1.07 bits per heavy atom. The second-order valence-corrected chi connectivity index (χ2v) is 8.42. The van der Waals surface area contributed by atoms with Gasteiger partial charge in [0.1, 0.15) is 0 Å². The predicted molar refractivity (Wildman–Crippen MR) is 128 cm³/mol. The van der Waals surface area contributed by atoms with Crippen molar-refractivity contribution in [2.24, 2.45) is 10.9 Å². The number of nitrogens with zero attached hydrogens (tertiary/aromatic N) is 3. The molecule has 0 aromatic heterocycles. The molecule has 172 valence electrons. The van der Waals surface area contributed by atoms with Gasteiger partial charge in [-0.05, 0) is 19.8 Å². The summed E-state index contributed by atoms with van der Waals surface area (Å²) in [6, 6.07) is 0.432. The first-order chi connectivity index (χ1) is 13.4. The Balaban J connectivity index is 0.00000420. The Bertz CT molecular complexity index is 467. The van der Waals surface area contributed by atoms with Crippen LogP contribution in [0, 0.1) is 5.92 Å². The van der Waals surface area contributed by atoms with Gasteiger partial charge >= 0.3 is 0 Å². The van der Waals surface area contributed by atoms with Crippen molar-refractivity contribution in [2.75, 3.05) is 78.8 Å². The topological polar surface area (TPSA) is 81.6 Å². The molecule has 0 saturated carbocycles. The lowest BCUT2D eigenvalue weighted by atomic mass is 10.0. The van der Waals surface area contributed by atoms with Crippen LogP contribution in [0.2, 0.25) is 0 Å². The number of guanidine groups is 1. The Labute approximate surface area is 193 Å². The monoisotopic (exact) mass is 527 g/mol. The van der Waals surface area contributed by atoms with E-state index >= 15 is 0 Å². The van der Waals surface area contributed by atoms with Crippen LogP contribution in [0.5, 0.6) is 0 Å². The van der Waals surface area contributed by atoms with Crippen LogP contribution in [-0.4, -0.2) is 111 Å². The first-order valence-corrected chi connectivity index (χ1v) is 10.8. The zero-order valence-electron chi connectivity index (χ0n) is 18.7. The van der Waals surface area contributed by atoms with Crippen LogP contribution >= 0.6 is 24.0 Å². The minimum Gasteiger partial charge on any atom is -0.387 e. The number of aliphatic imine (C=N–C) groups is 1. The molecule has 2 atom stereocenters. The number of nitrogens with one attached hydrogen (secondary N) is 2. The van der Waals surface area contributed by atoms with Crippen molar-refractivity contribution in [3.63, 3.8) is 0 Å². The van der Waals surface area contributed by atoms with Gasteiger partial charge in [0, 0.05) is 51.9 Å². The van der Waals surface area contributed by atoms with Crippen LogP contribution in [0.4, 0.5) is 0 Å². The van der Waals surface area contributed by atoms with Crippen LogP contribution in [0.15, 0.2) is 4.99 Å². The van der Waals surface area contributed by atoms with Gasteiger partial charge in [0.05, 0.1) is 38.6 Å². The standard InChI is InChI=1S/C20H41N5O3.HI/c1-5-21-19(22-14-18(17(2)3)25-8-12-28-13-9-25)23-15-20(4,26)16-24-6-10-27-11-7-24;/h17-18,26H,5-16H2,1-4H3,(H2,21,22,23);1H. The zero-order valence-corrected chi connectivity index (χ0v) is 21.0. The van der Waals surface area contributed by atoms with Gasteiger partial charge < -0.3 is 25.2 Å². The highest BCUT2D eigenvalue weighted by Crippen LogP contribution is 2.12. The summed E-state index contributed by atoms with van der Waals surface area (Å²) in [5.74, 6) is 1.31. The molecule has 2 aliphatic rings. The number of hydrogen-bond acceptors (Lipinski definition) is 6. The molecular formula is C20H42IN5O3. The molecule has 0 radical (unpaired) electrons. The molecular weight excluding hydrogens is 485 g/mol. The minimum absolute atomic E-state index is 0. The van der Waals surface area contributed by atoms with Crippen LogP contribution in [0.1, 0.15) is 27.7 Å². The third-order valence-electron chi connectivity index (χ3n) is 5.35. The molecule has 2 aliphatic heterocycles. The van der Waals surface area contributed by atoms with Crippen molar-refractivity contribution < 1.29 is 14.6 Å². The van der Waals surface area contributed by atoms with Gasteiger partial charge in [0.25, 0.3) is 0 Å². The van der Waals surface area contributed by atoms with E-state index in [1.807, 2.05) is 6.92 Å². The molecule has 0 aromatic rings. The third kappa shape index (κ3) is 10.1. The molecule has 0 aromatic carbocycles. The lowest BCUT2D eigenvalue weighted by Gasteiger charge is -2.37. The molecule has 2 saturated heterocycles. The van der Waals surface area contributed by atoms with E-state index in [9.17, 15) is 5.11 Å². The van der Waals surface area contributed by atoms with Gasteiger partial charge in [-0.3, -0.25) is 14.8 Å². The summed E-state index contributed by atoms with van der Waals surface area (Å²) in [6.07, 6.45) is 0. The summed E-state index contributed by atoms with van der Waals surface area (Å²) in [4.78, 5) is 9.41. The highest BCUT2D eigenvalue weighted by molar-refractivity contribution is 14.0. The van der Waals surface area contributed by atoms with Crippen molar-refractivity contribution in [2.45, 2.75) is 39.3 Å². The van der Waals surface area contributed by atoms with E-state index in [1.54, 1.807) is 0 Å². The van der Waals surface area contributed by atoms with Gasteiger partial charge in [0.15, 0.2) is 5.96 Å². The molecule has 2 rings (SSSR count). The lowest BCUT2D eigenvalue weighted by Crippen LogP contribution is -2.53. The average Bonchev–Trinajstić information content (AvgIpc) is 2.67. The number of ether oxygens (including phenoxy) is 2. The molecule has 2 fully saturated rings. The maximum atomic E-state index is 10.8. The van der Waals surface area contributed by atoms with Crippen LogP contribution in [0.3, 0.4) is 0 Å². The first-order valence-electron chi connectivity index (χ1n) is 10.8. The molecule has 29 heavy (non-hydrogen) atoms. The number of hydrogen-bond donors (Lipinski definition) is 3. The maximum Gasteiger partial charge on any atom is 0.191 e. The average molecular weight is 527 g/mol. The van der Waals surface area contributed by atoms with Crippen LogP contribution < -0.4 is 10.6 Å². The van der Waals surface area contributed by atoms with Gasteiger partial charge in [-0.15, -0.1) is 24.0 Å². The zero-order chi connectivity index (χ0) is 20.4. The number of β-amino-alcohol motifs (C(OH)–C–C–N with tert-alkyl or cyclic N) is 1. The number of morpholine rings is 2. The number of halogens is 1. The summed E-state index contributed by atoms with van der Waals surface area (Å²) in [5.41, 5.74) is -0.860. The largest absolute Gasteiger partial charge is 0.387 e. The predicted octanol–water partition coefficient (Wildman–Crippen LogP) is 0.600. The SMILES string of the molecule is CCNC(=NCC(C)(O)CN1CCOCC1)NCC(C(C)C)N1CCOCC1.I. The third-order valence-corrected chi connectivity index (χ3v) is 5.35. The highest BCUT2D eigenvalue weighted by Gasteiger charge is 2.26. The van der Waals surface area contributed by atoms with E-state index in [-0.39, 0.29) is 24.0 Å². The second-order valence-electron chi connectivity index (χ2n) is 8.42. The summed E-state index contributed by atoms with van der Waals surface area (Å²) in [6.45, 7) is 17.8. The second kappa shape index (κ2) is 14.0. The first kappa shape index (κ1) is 26.8. The van der Waals surface area contributed by atoms with E-state index < -0.39 is 5.60 Å². The quantitative estimate of drug-likeness (QED) is 0.230. The summed E-state index contributed by atoms with van der Waals surface area (Å²) < 4.78 is 10.9. The highest BCUT2D eigenvalue weighted by atomic mass is 127. The molecule has 2 unspecified atom stereocenters. The molecule has 0 spiro atoms. The Kier molecular flexibility index (Phi) is 12.9. The van der Waals surface area contributed by atoms with E-state index in [4.69, 9.17) is 9.47 Å². The summed E-state index contributed by atoms with van der Waals surface area (Å²) >= 11 is 0. The number of rotatable bonds is 9. The van der Waals surface area contributed by atoms with E-state index in [0.29, 0.717) is 25.0 Å². The van der Waals surface area contributed by atoms with Crippen molar-refractivity contribution >= 4 is 29.9 Å². The molecule has 2 heterocycles. The molecule has 0 bridgehead atoms. The van der Waals surface area contributed by atoms with Crippen LogP contribution in [-0.2, 0) is 9.47 Å². The van der Waals surface area contributed by atoms with E-state index in [1.165, 1.54) is 0 Å². The van der Waals surface area contributed by atoms with Crippen molar-refractivity contribution in [3.8, 4) is 0 Å². The van der Waals surface area contributed by atoms with Crippen molar-refractivity contribution in [3.05, 3.63) is 0 Å². The van der Waals surface area contributed by atoms with Crippen molar-refractivity contribution in [1.82, 2.24) is 20.4 Å². The molecule has 0 aliphatic carbocycles. The molecule has 8 nitrogen and oxygen atoms in total. The van der Waals surface area contributed by atoms with Gasteiger partial charge in [-0.1, -0.05) is 13.8 Å². The number of aliphatic hydroxyl groups is 1. The van der Waals surface area contributed by atoms with Gasteiger partial charge in [-0.25, -0.2) is 0 Å². The van der Waals surface area contributed by atoms with E-state index in [2.05, 4.69) is 46.2 Å². The Morgan fingerprint density at radius 3 is 2.21 bits per heavy atom. The Morgan fingerprint density at radius 2 is 1.66 bits per heavy atom. The van der Waals surface area contributed by atoms with Gasteiger partial charge in [-0.2, -0.15) is 0 Å². The van der Waals surface area contributed by atoms with Gasteiger partial charge in [0.2, 0.25) is 0 Å². The normalized spacial score (nSPS) is 22.6. The molecule has 9 heteroatoms. The summed E-state index contributed by atoms with van der Waals surface area (Å²) in [7, 11) is 0. The molecule has 0 amide bonds. The fraction of sp³-hybridized carbons (Fsp3) is 0.950. The molecule has 3 N–H and O–H groups in total. The lowest BCUT2D eigenvalue weighted by molar-refractivity contribution is -0.0180. The Hall–Kier alpha value is -0.200. The fourth-order valence-corrected chi connectivity index (χ4v) is 3.78. The van der Waals surface area contributed by atoms with E-state index in [0.717, 1.165) is 71.7 Å². The van der Waals surface area contributed by atoms with Crippen molar-refractivity contribution in [1.29, 1.82) is 0 Å². The van der Waals surface area contributed by atoms with Crippen LogP contribution in [0.25, 0.3) is 0 Å². The summed E-state index contributed by atoms with van der Waals surface area (Å²) in [5, 5.41) is 17.6. The fourth-order valence-electron chi connectivity index (χ4n) is 3.78.